The first-order valence-electron chi connectivity index (χ1n) is 9.18. The molecule has 0 radical (unpaired) electrons. The number of carbonyl (C=O) groups is 2. The van der Waals surface area contributed by atoms with Crippen molar-refractivity contribution in [1.82, 2.24) is 15.1 Å². The molecule has 2 rings (SSSR count). The van der Waals surface area contributed by atoms with E-state index in [4.69, 9.17) is 11.6 Å². The monoisotopic (exact) mass is 398 g/mol. The molecule has 1 aromatic carbocycles. The normalized spacial score (nSPS) is 16.2. The topological polar surface area (TPSA) is 64.7 Å². The van der Waals surface area contributed by atoms with Crippen molar-refractivity contribution in [3.05, 3.63) is 29.0 Å². The van der Waals surface area contributed by atoms with Gasteiger partial charge in [0.25, 0.3) is 0 Å². The summed E-state index contributed by atoms with van der Waals surface area (Å²) >= 11 is 5.79. The van der Waals surface area contributed by atoms with Crippen LogP contribution in [0.15, 0.2) is 18.2 Å². The van der Waals surface area contributed by atoms with Crippen molar-refractivity contribution >= 4 is 29.1 Å². The zero-order valence-electron chi connectivity index (χ0n) is 16.1. The standard InChI is InChI=1S/C19H28ClFN4O2/c1-4-19(2,3)23-18(27)13-25-7-5-24(6-8-25)12-17(26)22-16-10-14(20)9-15(21)11-16/h9-11H,4-8,12-13H2,1-3H3,(H,22,26)(H,23,27). The van der Waals surface area contributed by atoms with Crippen molar-refractivity contribution < 1.29 is 14.0 Å². The predicted molar refractivity (Wildman–Crippen MR) is 105 cm³/mol. The largest absolute Gasteiger partial charge is 0.350 e. The molecule has 2 N–H and O–H groups in total. The number of nitrogens with one attached hydrogen (secondary N) is 2. The number of amides is 2. The lowest BCUT2D eigenvalue weighted by Gasteiger charge is -2.34. The minimum absolute atomic E-state index is 0.0241. The maximum Gasteiger partial charge on any atom is 0.238 e. The maximum absolute atomic E-state index is 13.3. The van der Waals surface area contributed by atoms with Crippen molar-refractivity contribution in [2.75, 3.05) is 44.6 Å². The molecule has 0 atom stereocenters. The van der Waals surface area contributed by atoms with Gasteiger partial charge in [-0.2, -0.15) is 0 Å². The van der Waals surface area contributed by atoms with Gasteiger partial charge in [-0.1, -0.05) is 18.5 Å². The minimum Gasteiger partial charge on any atom is -0.350 e. The zero-order valence-corrected chi connectivity index (χ0v) is 16.9. The van der Waals surface area contributed by atoms with Crippen molar-refractivity contribution in [1.29, 1.82) is 0 Å². The van der Waals surface area contributed by atoms with Crippen LogP contribution >= 0.6 is 11.6 Å². The van der Waals surface area contributed by atoms with Gasteiger partial charge in [-0.05, 0) is 38.5 Å². The lowest BCUT2D eigenvalue weighted by Crippen LogP contribution is -2.53. The molecule has 27 heavy (non-hydrogen) atoms. The van der Waals surface area contributed by atoms with Gasteiger partial charge in [-0.15, -0.1) is 0 Å². The summed E-state index contributed by atoms with van der Waals surface area (Å²) in [6.07, 6.45) is 0.873. The van der Waals surface area contributed by atoms with Gasteiger partial charge in [0.1, 0.15) is 5.82 Å². The summed E-state index contributed by atoms with van der Waals surface area (Å²) in [6.45, 7) is 9.48. The summed E-state index contributed by atoms with van der Waals surface area (Å²) in [4.78, 5) is 28.4. The Morgan fingerprint density at radius 3 is 2.15 bits per heavy atom. The Morgan fingerprint density at radius 2 is 1.63 bits per heavy atom. The Labute approximate surface area is 165 Å². The third-order valence-electron chi connectivity index (χ3n) is 4.71. The van der Waals surface area contributed by atoms with Crippen LogP contribution in [0.3, 0.4) is 0 Å². The Kier molecular flexibility index (Phi) is 7.59. The number of anilines is 1. The molecule has 150 valence electrons. The van der Waals surface area contributed by atoms with E-state index in [9.17, 15) is 14.0 Å². The van der Waals surface area contributed by atoms with E-state index >= 15 is 0 Å². The van der Waals surface area contributed by atoms with Gasteiger partial charge in [0.05, 0.1) is 13.1 Å². The van der Waals surface area contributed by atoms with Crippen LogP contribution in [0.2, 0.25) is 5.02 Å². The van der Waals surface area contributed by atoms with E-state index in [1.165, 1.54) is 18.2 Å². The smallest absolute Gasteiger partial charge is 0.238 e. The molecule has 8 heteroatoms. The molecule has 0 spiro atoms. The molecule has 1 aromatic rings. The highest BCUT2D eigenvalue weighted by atomic mass is 35.5. The fourth-order valence-electron chi connectivity index (χ4n) is 2.84. The van der Waals surface area contributed by atoms with E-state index in [1.54, 1.807) is 0 Å². The van der Waals surface area contributed by atoms with Crippen LogP contribution in [-0.4, -0.2) is 66.4 Å². The number of benzene rings is 1. The third-order valence-corrected chi connectivity index (χ3v) is 4.93. The van der Waals surface area contributed by atoms with Crippen LogP contribution in [-0.2, 0) is 9.59 Å². The lowest BCUT2D eigenvalue weighted by atomic mass is 10.0. The van der Waals surface area contributed by atoms with Crippen LogP contribution in [0.5, 0.6) is 0 Å². The van der Waals surface area contributed by atoms with E-state index in [0.717, 1.165) is 19.5 Å². The van der Waals surface area contributed by atoms with Gasteiger partial charge in [-0.3, -0.25) is 19.4 Å². The fraction of sp³-hybridized carbons (Fsp3) is 0.579. The van der Waals surface area contributed by atoms with E-state index in [1.807, 2.05) is 25.7 Å². The average Bonchev–Trinajstić information content (AvgIpc) is 2.55. The molecule has 0 aromatic heterocycles. The first kappa shape index (κ1) is 21.6. The highest BCUT2D eigenvalue weighted by Gasteiger charge is 2.23. The molecule has 1 aliphatic rings. The molecule has 6 nitrogen and oxygen atoms in total. The van der Waals surface area contributed by atoms with Gasteiger partial charge < -0.3 is 10.6 Å². The van der Waals surface area contributed by atoms with E-state index in [2.05, 4.69) is 15.5 Å². The van der Waals surface area contributed by atoms with Crippen molar-refractivity contribution in [3.8, 4) is 0 Å². The predicted octanol–water partition coefficient (Wildman–Crippen LogP) is 2.34. The van der Waals surface area contributed by atoms with Crippen LogP contribution < -0.4 is 10.6 Å². The molecule has 1 saturated heterocycles. The van der Waals surface area contributed by atoms with Gasteiger partial charge in [-0.25, -0.2) is 4.39 Å². The Hall–Kier alpha value is -1.70. The van der Waals surface area contributed by atoms with Crippen molar-refractivity contribution in [3.63, 3.8) is 0 Å². The second-order valence-electron chi connectivity index (χ2n) is 7.54. The van der Waals surface area contributed by atoms with Crippen LogP contribution in [0.1, 0.15) is 27.2 Å². The lowest BCUT2D eigenvalue weighted by molar-refractivity contribution is -0.125. The van der Waals surface area contributed by atoms with Crippen LogP contribution in [0.25, 0.3) is 0 Å². The molecule has 1 fully saturated rings. The second kappa shape index (κ2) is 9.48. The Bertz CT molecular complexity index is 655. The van der Waals surface area contributed by atoms with Crippen molar-refractivity contribution in [2.45, 2.75) is 32.7 Å². The third kappa shape index (κ3) is 7.44. The summed E-state index contributed by atoms with van der Waals surface area (Å²) in [6, 6.07) is 3.93. The molecular weight excluding hydrogens is 371 g/mol. The number of hydrogen-bond donors (Lipinski definition) is 2. The Morgan fingerprint density at radius 1 is 1.07 bits per heavy atom. The summed E-state index contributed by atoms with van der Waals surface area (Å²) in [5.41, 5.74) is 0.149. The number of rotatable bonds is 7. The molecule has 0 saturated carbocycles. The number of hydrogen-bond acceptors (Lipinski definition) is 4. The first-order valence-corrected chi connectivity index (χ1v) is 9.56. The summed E-state index contributed by atoms with van der Waals surface area (Å²) < 4.78 is 13.3. The van der Waals surface area contributed by atoms with Crippen LogP contribution in [0, 0.1) is 5.82 Å². The number of halogens is 2. The van der Waals surface area contributed by atoms with Crippen LogP contribution in [0.4, 0.5) is 10.1 Å². The van der Waals surface area contributed by atoms with Crippen molar-refractivity contribution in [2.24, 2.45) is 0 Å². The summed E-state index contributed by atoms with van der Waals surface area (Å²) in [7, 11) is 0. The average molecular weight is 399 g/mol. The zero-order chi connectivity index (χ0) is 20.0. The number of carbonyl (C=O) groups excluding carboxylic acids is 2. The SMILES string of the molecule is CCC(C)(C)NC(=O)CN1CCN(CC(=O)Nc2cc(F)cc(Cl)c2)CC1. The molecule has 1 heterocycles. The molecule has 2 amide bonds. The molecule has 0 unspecified atom stereocenters. The van der Waals surface area contributed by atoms with Gasteiger partial charge in [0.15, 0.2) is 0 Å². The second-order valence-corrected chi connectivity index (χ2v) is 7.98. The minimum atomic E-state index is -0.490. The van der Waals surface area contributed by atoms with E-state index < -0.39 is 5.82 Å². The van der Waals surface area contributed by atoms with E-state index in [-0.39, 0.29) is 28.9 Å². The quantitative estimate of drug-likeness (QED) is 0.740. The van der Waals surface area contributed by atoms with Gasteiger partial charge in [0, 0.05) is 42.4 Å². The Balaban J connectivity index is 1.74. The molecular formula is C19H28ClFN4O2. The van der Waals surface area contributed by atoms with Gasteiger partial charge >= 0.3 is 0 Å². The highest BCUT2D eigenvalue weighted by molar-refractivity contribution is 6.30. The fourth-order valence-corrected chi connectivity index (χ4v) is 3.07. The molecule has 1 aliphatic heterocycles. The summed E-state index contributed by atoms with van der Waals surface area (Å²) in [5, 5.41) is 5.94. The molecule has 0 aliphatic carbocycles. The maximum atomic E-state index is 13.3. The first-order chi connectivity index (χ1) is 12.7. The molecule has 0 bridgehead atoms. The number of piperazine rings is 1. The summed E-state index contributed by atoms with van der Waals surface area (Å²) in [5.74, 6) is -0.681. The van der Waals surface area contributed by atoms with Gasteiger partial charge in [0.2, 0.25) is 11.8 Å². The number of nitrogens with zero attached hydrogens (tertiary/aromatic N) is 2. The van der Waals surface area contributed by atoms with E-state index in [0.29, 0.717) is 25.3 Å². The highest BCUT2D eigenvalue weighted by Crippen LogP contribution is 2.18.